The second-order valence-corrected chi connectivity index (χ2v) is 3.39. The molecule has 0 aliphatic heterocycles. The molecule has 0 saturated carbocycles. The first-order valence-electron chi connectivity index (χ1n) is 5.18. The van der Waals surface area contributed by atoms with Crippen molar-refractivity contribution in [3.8, 4) is 0 Å². The van der Waals surface area contributed by atoms with Crippen molar-refractivity contribution in [3.05, 3.63) is 24.0 Å². The first-order chi connectivity index (χ1) is 6.77. The van der Waals surface area contributed by atoms with Gasteiger partial charge in [0.25, 0.3) is 0 Å². The third kappa shape index (κ3) is 3.16. The molecule has 0 amide bonds. The zero-order chi connectivity index (χ0) is 10.4. The maximum Gasteiger partial charge on any atom is 0.0645 e. The van der Waals surface area contributed by atoms with E-state index in [0.717, 1.165) is 19.8 Å². The smallest absolute Gasteiger partial charge is 0.0645 e. The molecular formula is C11H20N2O. The maximum atomic E-state index is 5.30. The summed E-state index contributed by atoms with van der Waals surface area (Å²) >= 11 is 0. The summed E-state index contributed by atoms with van der Waals surface area (Å²) in [5, 5.41) is 3.22. The number of rotatable bonds is 6. The van der Waals surface area contributed by atoms with Gasteiger partial charge in [-0.05, 0) is 32.5 Å². The zero-order valence-corrected chi connectivity index (χ0v) is 9.29. The lowest BCUT2D eigenvalue weighted by molar-refractivity contribution is 0.139. The molecule has 0 saturated heterocycles. The molecule has 0 bridgehead atoms. The molecule has 0 spiro atoms. The molecule has 3 heteroatoms. The maximum absolute atomic E-state index is 5.30. The molecule has 3 nitrogen and oxygen atoms in total. The van der Waals surface area contributed by atoms with Crippen molar-refractivity contribution in [3.63, 3.8) is 0 Å². The highest BCUT2D eigenvalue weighted by atomic mass is 16.5. The van der Waals surface area contributed by atoms with Crippen molar-refractivity contribution >= 4 is 0 Å². The number of ether oxygens (including phenoxy) is 1. The van der Waals surface area contributed by atoms with Crippen molar-refractivity contribution in [1.29, 1.82) is 0 Å². The normalized spacial score (nSPS) is 13.1. The van der Waals surface area contributed by atoms with Crippen LogP contribution in [0.2, 0.25) is 0 Å². The first kappa shape index (κ1) is 11.3. The van der Waals surface area contributed by atoms with Crippen molar-refractivity contribution in [1.82, 2.24) is 9.88 Å². The summed E-state index contributed by atoms with van der Waals surface area (Å²) in [5.74, 6) is 0. The Kier molecular flexibility index (Phi) is 4.70. The van der Waals surface area contributed by atoms with Crippen LogP contribution in [0.4, 0.5) is 0 Å². The fourth-order valence-electron chi connectivity index (χ4n) is 1.34. The van der Waals surface area contributed by atoms with E-state index in [0.29, 0.717) is 6.04 Å². The standard InChI is InChI=1S/C11H20N2O/c1-4-14-8-7-13-6-5-11(9-13)10(2)12-3/h5-6,9-10,12H,4,7-8H2,1-3H3. The molecule has 0 radical (unpaired) electrons. The second-order valence-electron chi connectivity index (χ2n) is 3.39. The molecule has 0 fully saturated rings. The van der Waals surface area contributed by atoms with Gasteiger partial charge in [0.05, 0.1) is 6.61 Å². The Bertz CT molecular complexity index is 258. The minimum absolute atomic E-state index is 0.420. The van der Waals surface area contributed by atoms with E-state index in [9.17, 15) is 0 Å². The van der Waals surface area contributed by atoms with Crippen LogP contribution in [0.1, 0.15) is 25.5 Å². The summed E-state index contributed by atoms with van der Waals surface area (Å²) < 4.78 is 7.46. The van der Waals surface area contributed by atoms with Gasteiger partial charge >= 0.3 is 0 Å². The van der Waals surface area contributed by atoms with Gasteiger partial charge in [-0.3, -0.25) is 0 Å². The van der Waals surface area contributed by atoms with Crippen LogP contribution in [-0.4, -0.2) is 24.8 Å². The van der Waals surface area contributed by atoms with Crippen LogP contribution in [-0.2, 0) is 11.3 Å². The quantitative estimate of drug-likeness (QED) is 0.702. The third-order valence-electron chi connectivity index (χ3n) is 2.40. The van der Waals surface area contributed by atoms with E-state index in [1.165, 1.54) is 5.56 Å². The monoisotopic (exact) mass is 196 g/mol. The topological polar surface area (TPSA) is 26.2 Å². The molecule has 1 aromatic heterocycles. The van der Waals surface area contributed by atoms with Gasteiger partial charge in [-0.2, -0.15) is 0 Å². The fourth-order valence-corrected chi connectivity index (χ4v) is 1.34. The van der Waals surface area contributed by atoms with Gasteiger partial charge in [0.15, 0.2) is 0 Å². The highest BCUT2D eigenvalue weighted by Gasteiger charge is 2.03. The zero-order valence-electron chi connectivity index (χ0n) is 9.29. The lowest BCUT2D eigenvalue weighted by atomic mass is 10.2. The Morgan fingerprint density at radius 1 is 1.57 bits per heavy atom. The molecule has 14 heavy (non-hydrogen) atoms. The largest absolute Gasteiger partial charge is 0.380 e. The van der Waals surface area contributed by atoms with Gasteiger partial charge < -0.3 is 14.6 Å². The molecule has 0 aromatic carbocycles. The highest BCUT2D eigenvalue weighted by molar-refractivity contribution is 5.14. The van der Waals surface area contributed by atoms with Gasteiger partial charge in [0, 0.05) is 31.6 Å². The molecule has 1 unspecified atom stereocenters. The number of hydrogen-bond donors (Lipinski definition) is 1. The molecule has 80 valence electrons. The molecule has 0 aliphatic rings. The molecular weight excluding hydrogens is 176 g/mol. The number of nitrogens with zero attached hydrogens (tertiary/aromatic N) is 1. The Morgan fingerprint density at radius 3 is 3.00 bits per heavy atom. The SMILES string of the molecule is CCOCCn1ccc(C(C)NC)c1. The molecule has 1 atom stereocenters. The summed E-state index contributed by atoms with van der Waals surface area (Å²) in [6, 6.07) is 2.57. The van der Waals surface area contributed by atoms with Gasteiger partial charge in [0.2, 0.25) is 0 Å². The summed E-state index contributed by atoms with van der Waals surface area (Å²) in [4.78, 5) is 0. The minimum atomic E-state index is 0.420. The van der Waals surface area contributed by atoms with E-state index < -0.39 is 0 Å². The fraction of sp³-hybridized carbons (Fsp3) is 0.636. The number of aromatic nitrogens is 1. The van der Waals surface area contributed by atoms with Crippen molar-refractivity contribution < 1.29 is 4.74 Å². The summed E-state index contributed by atoms with van der Waals surface area (Å²) in [6.45, 7) is 6.69. The summed E-state index contributed by atoms with van der Waals surface area (Å²) in [6.07, 6.45) is 4.27. The van der Waals surface area contributed by atoms with Crippen LogP contribution in [0.5, 0.6) is 0 Å². The predicted octanol–water partition coefficient (Wildman–Crippen LogP) is 1.81. The molecule has 1 aromatic rings. The Balaban J connectivity index is 2.42. The van der Waals surface area contributed by atoms with Crippen LogP contribution in [0.3, 0.4) is 0 Å². The van der Waals surface area contributed by atoms with Gasteiger partial charge in [0.1, 0.15) is 0 Å². The van der Waals surface area contributed by atoms with E-state index in [2.05, 4.69) is 35.3 Å². The van der Waals surface area contributed by atoms with E-state index in [-0.39, 0.29) is 0 Å². The highest BCUT2D eigenvalue weighted by Crippen LogP contribution is 2.11. The predicted molar refractivity (Wildman–Crippen MR) is 58.4 cm³/mol. The van der Waals surface area contributed by atoms with Crippen LogP contribution in [0, 0.1) is 0 Å². The van der Waals surface area contributed by atoms with E-state index in [1.54, 1.807) is 0 Å². The molecule has 0 aliphatic carbocycles. The van der Waals surface area contributed by atoms with Gasteiger partial charge in [-0.1, -0.05) is 0 Å². The molecule has 1 N–H and O–H groups in total. The lowest BCUT2D eigenvalue weighted by Gasteiger charge is -2.07. The lowest BCUT2D eigenvalue weighted by Crippen LogP contribution is -2.11. The van der Waals surface area contributed by atoms with E-state index in [4.69, 9.17) is 4.74 Å². The van der Waals surface area contributed by atoms with Crippen molar-refractivity contribution in [2.45, 2.75) is 26.4 Å². The number of hydrogen-bond acceptors (Lipinski definition) is 2. The summed E-state index contributed by atoms with van der Waals surface area (Å²) in [5.41, 5.74) is 1.32. The van der Waals surface area contributed by atoms with Crippen LogP contribution in [0.25, 0.3) is 0 Å². The van der Waals surface area contributed by atoms with Crippen molar-refractivity contribution in [2.75, 3.05) is 20.3 Å². The Hall–Kier alpha value is -0.800. The van der Waals surface area contributed by atoms with Gasteiger partial charge in [-0.25, -0.2) is 0 Å². The average Bonchev–Trinajstić information content (AvgIpc) is 2.66. The van der Waals surface area contributed by atoms with Crippen molar-refractivity contribution in [2.24, 2.45) is 0 Å². The average molecular weight is 196 g/mol. The third-order valence-corrected chi connectivity index (χ3v) is 2.40. The summed E-state index contributed by atoms with van der Waals surface area (Å²) in [7, 11) is 1.97. The van der Waals surface area contributed by atoms with Crippen LogP contribution >= 0.6 is 0 Å². The Labute approximate surface area is 86.1 Å². The Morgan fingerprint density at radius 2 is 2.36 bits per heavy atom. The first-order valence-corrected chi connectivity index (χ1v) is 5.18. The van der Waals surface area contributed by atoms with Crippen LogP contribution < -0.4 is 5.32 Å². The minimum Gasteiger partial charge on any atom is -0.380 e. The van der Waals surface area contributed by atoms with E-state index >= 15 is 0 Å². The van der Waals surface area contributed by atoms with Crippen LogP contribution in [0.15, 0.2) is 18.5 Å². The molecule has 1 heterocycles. The molecule has 1 rings (SSSR count). The van der Waals surface area contributed by atoms with Gasteiger partial charge in [-0.15, -0.1) is 0 Å². The second kappa shape index (κ2) is 5.83. The van der Waals surface area contributed by atoms with E-state index in [1.807, 2.05) is 14.0 Å². The number of nitrogens with one attached hydrogen (secondary N) is 1.